The van der Waals surface area contributed by atoms with Gasteiger partial charge in [-0.25, -0.2) is 4.57 Å². The van der Waals surface area contributed by atoms with Crippen molar-refractivity contribution in [3.05, 3.63) is 82.9 Å². The molecule has 1 aromatic heterocycles. The molecule has 9 nitrogen and oxygen atoms in total. The van der Waals surface area contributed by atoms with Crippen molar-refractivity contribution in [3.8, 4) is 34.6 Å². The number of hydrogen-bond acceptors (Lipinski definition) is 7. The lowest BCUT2D eigenvalue weighted by Gasteiger charge is -2.32. The molecule has 0 saturated carbocycles. The van der Waals surface area contributed by atoms with E-state index in [0.29, 0.717) is 35.1 Å². The van der Waals surface area contributed by atoms with Crippen LogP contribution in [-0.4, -0.2) is 54.5 Å². The summed E-state index contributed by atoms with van der Waals surface area (Å²) in [5.41, 5.74) is 5.37. The van der Waals surface area contributed by atoms with Crippen LogP contribution in [0, 0.1) is 5.92 Å². The number of benzene rings is 3. The van der Waals surface area contributed by atoms with E-state index in [0.717, 1.165) is 50.9 Å². The van der Waals surface area contributed by atoms with Crippen molar-refractivity contribution in [1.29, 1.82) is 0 Å². The van der Waals surface area contributed by atoms with E-state index in [1.165, 1.54) is 21.8 Å². The van der Waals surface area contributed by atoms with Crippen molar-refractivity contribution >= 4 is 6.41 Å². The molecular formula is C32H37N5O4. The Labute approximate surface area is 240 Å². The maximum absolute atomic E-state index is 10.6. The first-order chi connectivity index (χ1) is 19.8. The highest BCUT2D eigenvalue weighted by Gasteiger charge is 2.22. The molecule has 9 heteroatoms. The lowest BCUT2D eigenvalue weighted by Crippen LogP contribution is -2.33. The van der Waals surface area contributed by atoms with Crippen LogP contribution >= 0.6 is 0 Å². The number of carbonyl (C=O) groups is 1. The van der Waals surface area contributed by atoms with Crippen LogP contribution in [0.25, 0.3) is 17.1 Å². The summed E-state index contributed by atoms with van der Waals surface area (Å²) in [6.45, 7) is 7.52. The Balaban J connectivity index is 1.21. The van der Waals surface area contributed by atoms with Gasteiger partial charge in [0.2, 0.25) is 6.41 Å². The number of rotatable bonds is 10. The molecular weight excluding hydrogens is 518 g/mol. The molecule has 1 aliphatic rings. The third-order valence-corrected chi connectivity index (χ3v) is 7.90. The van der Waals surface area contributed by atoms with Gasteiger partial charge in [-0.05, 0) is 84.6 Å². The van der Waals surface area contributed by atoms with Gasteiger partial charge in [-0.2, -0.15) is 0 Å². The molecule has 4 aromatic rings. The molecule has 41 heavy (non-hydrogen) atoms. The molecule has 0 spiro atoms. The second kappa shape index (κ2) is 12.4. The molecule has 0 unspecified atom stereocenters. The van der Waals surface area contributed by atoms with Gasteiger partial charge >= 0.3 is 6.01 Å². The number of aromatic hydroxyl groups is 3. The number of hydrogen-bond donors (Lipinski definition) is 4. The van der Waals surface area contributed by atoms with Crippen LogP contribution in [-0.2, 0) is 24.3 Å². The summed E-state index contributed by atoms with van der Waals surface area (Å²) in [7, 11) is 0. The number of phenols is 2. The summed E-state index contributed by atoms with van der Waals surface area (Å²) >= 11 is 0. The SMILES string of the molecule is CC(C)c1cc(-c2nnc(O)n2-c2ccc(CC3CCN(Cc4ccc(CNC=O)cc4)CC3)cc2)c(O)cc1O. The first-order valence-electron chi connectivity index (χ1n) is 14.1. The molecule has 4 N–H and O–H groups in total. The molecule has 0 atom stereocenters. The third-order valence-electron chi connectivity index (χ3n) is 7.90. The van der Waals surface area contributed by atoms with Gasteiger partial charge in [0.25, 0.3) is 0 Å². The molecule has 1 amide bonds. The fraction of sp³-hybridized carbons (Fsp3) is 0.344. The molecule has 3 aromatic carbocycles. The summed E-state index contributed by atoms with van der Waals surface area (Å²) in [5, 5.41) is 42.0. The van der Waals surface area contributed by atoms with E-state index in [-0.39, 0.29) is 23.4 Å². The Morgan fingerprint density at radius 3 is 2.22 bits per heavy atom. The Morgan fingerprint density at radius 1 is 0.902 bits per heavy atom. The zero-order valence-electron chi connectivity index (χ0n) is 23.5. The van der Waals surface area contributed by atoms with Crippen LogP contribution in [0.1, 0.15) is 54.9 Å². The van der Waals surface area contributed by atoms with Crippen LogP contribution in [0.4, 0.5) is 0 Å². The monoisotopic (exact) mass is 555 g/mol. The average molecular weight is 556 g/mol. The van der Waals surface area contributed by atoms with E-state index in [4.69, 9.17) is 0 Å². The molecule has 2 heterocycles. The van der Waals surface area contributed by atoms with E-state index in [9.17, 15) is 20.1 Å². The number of amides is 1. The van der Waals surface area contributed by atoms with Crippen molar-refractivity contribution in [3.63, 3.8) is 0 Å². The lowest BCUT2D eigenvalue weighted by atomic mass is 9.90. The first-order valence-corrected chi connectivity index (χ1v) is 14.1. The number of likely N-dealkylation sites (tertiary alicyclic amines) is 1. The predicted octanol–water partition coefficient (Wildman–Crippen LogP) is 4.88. The molecule has 1 saturated heterocycles. The van der Waals surface area contributed by atoms with E-state index in [1.807, 2.05) is 26.0 Å². The summed E-state index contributed by atoms with van der Waals surface area (Å²) in [5.74, 6) is 0.832. The van der Waals surface area contributed by atoms with Crippen LogP contribution in [0.2, 0.25) is 0 Å². The topological polar surface area (TPSA) is 124 Å². The summed E-state index contributed by atoms with van der Waals surface area (Å²) < 4.78 is 1.50. The zero-order valence-corrected chi connectivity index (χ0v) is 23.5. The van der Waals surface area contributed by atoms with Crippen molar-refractivity contribution < 1.29 is 20.1 Å². The fourth-order valence-electron chi connectivity index (χ4n) is 5.57. The van der Waals surface area contributed by atoms with E-state index < -0.39 is 0 Å². The number of nitrogens with one attached hydrogen (secondary N) is 1. The summed E-state index contributed by atoms with van der Waals surface area (Å²) in [4.78, 5) is 13.0. The smallest absolute Gasteiger partial charge is 0.319 e. The molecule has 1 fully saturated rings. The van der Waals surface area contributed by atoms with Crippen LogP contribution in [0.3, 0.4) is 0 Å². The average Bonchev–Trinajstić information content (AvgIpc) is 3.35. The van der Waals surface area contributed by atoms with Gasteiger partial charge in [0.15, 0.2) is 5.82 Å². The highest BCUT2D eigenvalue weighted by Crippen LogP contribution is 2.39. The Hall–Kier alpha value is -4.37. The Kier molecular flexibility index (Phi) is 8.54. The molecule has 0 aliphatic carbocycles. The van der Waals surface area contributed by atoms with Crippen molar-refractivity contribution in [2.45, 2.75) is 52.1 Å². The van der Waals surface area contributed by atoms with Gasteiger partial charge in [0, 0.05) is 19.2 Å². The van der Waals surface area contributed by atoms with Gasteiger partial charge in [-0.3, -0.25) is 9.69 Å². The standard InChI is InChI=1S/C32H37N5O4/c1-21(2)27-16-28(30(40)17-29(27)39)31-34-35-32(41)37(31)26-9-7-22(8-10-26)15-23-11-13-36(14-12-23)19-25-5-3-24(4-6-25)18-33-20-38/h3-10,16-17,20-21,23,39-40H,11-15,18-19H2,1-2H3,(H,33,38)(H,35,41). The Bertz CT molecular complexity index is 1470. The number of nitrogens with zero attached hydrogens (tertiary/aromatic N) is 4. The zero-order chi connectivity index (χ0) is 28.9. The largest absolute Gasteiger partial charge is 0.508 e. The minimum Gasteiger partial charge on any atom is -0.508 e. The predicted molar refractivity (Wildman–Crippen MR) is 157 cm³/mol. The van der Waals surface area contributed by atoms with Gasteiger partial charge in [-0.1, -0.05) is 55.3 Å². The highest BCUT2D eigenvalue weighted by molar-refractivity contribution is 5.69. The summed E-state index contributed by atoms with van der Waals surface area (Å²) in [6.07, 6.45) is 3.98. The molecule has 1 aliphatic heterocycles. The third kappa shape index (κ3) is 6.52. The van der Waals surface area contributed by atoms with Crippen molar-refractivity contribution in [2.24, 2.45) is 5.92 Å². The lowest BCUT2D eigenvalue weighted by molar-refractivity contribution is -0.109. The molecule has 5 rings (SSSR count). The summed E-state index contributed by atoms with van der Waals surface area (Å²) in [6, 6.07) is 19.2. The second-order valence-electron chi connectivity index (χ2n) is 11.1. The van der Waals surface area contributed by atoms with Gasteiger partial charge in [0.1, 0.15) is 11.5 Å². The molecule has 0 radical (unpaired) electrons. The second-order valence-corrected chi connectivity index (χ2v) is 11.1. The minimum absolute atomic E-state index is 0.0190. The van der Waals surface area contributed by atoms with Gasteiger partial charge in [-0.15, -0.1) is 5.10 Å². The molecule has 0 bridgehead atoms. The highest BCUT2D eigenvalue weighted by atomic mass is 16.3. The quantitative estimate of drug-likeness (QED) is 0.206. The van der Waals surface area contributed by atoms with Crippen molar-refractivity contribution in [1.82, 2.24) is 25.0 Å². The van der Waals surface area contributed by atoms with Gasteiger partial charge in [0.05, 0.1) is 11.3 Å². The maximum atomic E-state index is 10.6. The van der Waals surface area contributed by atoms with Gasteiger partial charge < -0.3 is 20.6 Å². The van der Waals surface area contributed by atoms with Crippen LogP contribution in [0.15, 0.2) is 60.7 Å². The van der Waals surface area contributed by atoms with E-state index >= 15 is 0 Å². The molecule has 214 valence electrons. The van der Waals surface area contributed by atoms with Crippen LogP contribution < -0.4 is 5.32 Å². The van der Waals surface area contributed by atoms with E-state index in [1.54, 1.807) is 6.07 Å². The van der Waals surface area contributed by atoms with Crippen molar-refractivity contribution in [2.75, 3.05) is 13.1 Å². The van der Waals surface area contributed by atoms with E-state index in [2.05, 4.69) is 56.8 Å². The number of carbonyl (C=O) groups excluding carboxylic acids is 1. The normalized spacial score (nSPS) is 14.4. The Morgan fingerprint density at radius 2 is 1.56 bits per heavy atom. The minimum atomic E-state index is -0.272. The first kappa shape index (κ1) is 28.2. The van der Waals surface area contributed by atoms with Crippen LogP contribution in [0.5, 0.6) is 17.5 Å². The maximum Gasteiger partial charge on any atom is 0.319 e. The number of phenolic OH excluding ortho intramolecular Hbond substituents is 2. The number of aromatic nitrogens is 3. The fourth-order valence-corrected chi connectivity index (χ4v) is 5.57. The number of piperidine rings is 1.